The van der Waals surface area contributed by atoms with Crippen LogP contribution in [0.1, 0.15) is 44.1 Å². The quantitative estimate of drug-likeness (QED) is 0.753. The average molecular weight is 356 g/mol. The second kappa shape index (κ2) is 7.69. The first-order valence-electron chi connectivity index (χ1n) is 10.4. The van der Waals surface area contributed by atoms with Gasteiger partial charge in [0.1, 0.15) is 0 Å². The van der Waals surface area contributed by atoms with Crippen molar-refractivity contribution in [3.63, 3.8) is 0 Å². The van der Waals surface area contributed by atoms with E-state index in [1.54, 1.807) is 0 Å². The minimum absolute atomic E-state index is 0.111. The number of nitrogens with zero attached hydrogens (tertiary/aromatic N) is 1. The maximum Gasteiger partial charge on any atom is 0.234 e. The molecule has 26 heavy (non-hydrogen) atoms. The van der Waals surface area contributed by atoms with Gasteiger partial charge in [-0.15, -0.1) is 0 Å². The fourth-order valence-corrected chi connectivity index (χ4v) is 6.19. The van der Waals surface area contributed by atoms with Gasteiger partial charge in [0.15, 0.2) is 0 Å². The summed E-state index contributed by atoms with van der Waals surface area (Å²) in [5.74, 6) is 2.78. The van der Waals surface area contributed by atoms with Crippen molar-refractivity contribution in [1.82, 2.24) is 10.2 Å². The summed E-state index contributed by atoms with van der Waals surface area (Å²) in [6.07, 6.45) is 8.83. The van der Waals surface area contributed by atoms with Crippen LogP contribution in [0.25, 0.3) is 0 Å². The highest BCUT2D eigenvalue weighted by Crippen LogP contribution is 2.55. The number of hydrogen-bond donors (Lipinski definition) is 2. The van der Waals surface area contributed by atoms with Gasteiger partial charge in [-0.25, -0.2) is 0 Å². The van der Waals surface area contributed by atoms with E-state index in [2.05, 4.69) is 34.5 Å². The lowest BCUT2D eigenvalue weighted by Gasteiger charge is -2.57. The molecule has 3 N–H and O–H groups in total. The van der Waals surface area contributed by atoms with E-state index in [-0.39, 0.29) is 11.4 Å². The van der Waals surface area contributed by atoms with Crippen molar-refractivity contribution in [3.8, 4) is 0 Å². The molecule has 4 aliphatic rings. The number of carbonyl (C=O) groups excluding carboxylic acids is 1. The highest BCUT2D eigenvalue weighted by Gasteiger charge is 2.51. The minimum Gasteiger partial charge on any atom is -0.350 e. The Hall–Kier alpha value is -1.39. The zero-order chi connectivity index (χ0) is 18.0. The molecular weight excluding hydrogens is 322 g/mol. The van der Waals surface area contributed by atoms with Crippen molar-refractivity contribution in [2.24, 2.45) is 23.5 Å². The lowest BCUT2D eigenvalue weighted by atomic mass is 9.53. The van der Waals surface area contributed by atoms with Crippen LogP contribution in [0.5, 0.6) is 0 Å². The van der Waals surface area contributed by atoms with E-state index in [9.17, 15) is 4.79 Å². The third-order valence-electron chi connectivity index (χ3n) is 6.81. The molecule has 0 radical (unpaired) electrons. The number of hydrogen-bond acceptors (Lipinski definition) is 3. The second-order valence-electron chi connectivity index (χ2n) is 9.05. The first kappa shape index (κ1) is 18.0. The minimum atomic E-state index is 0.111. The zero-order valence-corrected chi connectivity index (χ0v) is 15.8. The molecule has 1 aromatic carbocycles. The number of amides is 1. The zero-order valence-electron chi connectivity index (χ0n) is 15.8. The van der Waals surface area contributed by atoms with Gasteiger partial charge in [0.25, 0.3) is 0 Å². The molecular formula is C22H33N3O. The smallest absolute Gasteiger partial charge is 0.234 e. The Kier molecular flexibility index (Phi) is 5.32. The van der Waals surface area contributed by atoms with Gasteiger partial charge in [0.2, 0.25) is 5.91 Å². The third-order valence-corrected chi connectivity index (χ3v) is 6.81. The summed E-state index contributed by atoms with van der Waals surface area (Å²) < 4.78 is 0. The van der Waals surface area contributed by atoms with Gasteiger partial charge in [0, 0.05) is 25.2 Å². The monoisotopic (exact) mass is 355 g/mol. The first-order valence-corrected chi connectivity index (χ1v) is 10.4. The van der Waals surface area contributed by atoms with E-state index in [0.717, 1.165) is 37.3 Å². The van der Waals surface area contributed by atoms with E-state index < -0.39 is 0 Å². The number of nitrogens with two attached hydrogens (primary N) is 1. The normalized spacial score (nSPS) is 32.2. The van der Waals surface area contributed by atoms with Gasteiger partial charge >= 0.3 is 0 Å². The molecule has 0 aliphatic heterocycles. The molecule has 4 heteroatoms. The molecule has 0 spiro atoms. The molecule has 4 fully saturated rings. The van der Waals surface area contributed by atoms with Crippen LogP contribution in [0.15, 0.2) is 30.3 Å². The molecule has 1 amide bonds. The van der Waals surface area contributed by atoms with Crippen molar-refractivity contribution in [2.45, 2.75) is 50.5 Å². The first-order chi connectivity index (χ1) is 12.6. The van der Waals surface area contributed by atoms with Crippen molar-refractivity contribution in [2.75, 3.05) is 26.2 Å². The Balaban J connectivity index is 1.32. The lowest BCUT2D eigenvalue weighted by molar-refractivity contribution is -0.128. The Morgan fingerprint density at radius 3 is 2.23 bits per heavy atom. The van der Waals surface area contributed by atoms with Gasteiger partial charge in [-0.3, -0.25) is 9.69 Å². The molecule has 0 unspecified atom stereocenters. The predicted octanol–water partition coefficient (Wildman–Crippen LogP) is 2.57. The maximum absolute atomic E-state index is 12.8. The van der Waals surface area contributed by atoms with E-state index in [1.807, 2.05) is 6.07 Å². The highest BCUT2D eigenvalue weighted by atomic mass is 16.2. The fraction of sp³-hybridized carbons (Fsp3) is 0.682. The summed E-state index contributed by atoms with van der Waals surface area (Å²) in [5, 5.41) is 3.49. The van der Waals surface area contributed by atoms with Crippen molar-refractivity contribution in [1.29, 1.82) is 0 Å². The maximum atomic E-state index is 12.8. The number of carbonyl (C=O) groups is 1. The molecule has 1 aromatic rings. The molecule has 4 aliphatic carbocycles. The van der Waals surface area contributed by atoms with Crippen LogP contribution in [0.4, 0.5) is 0 Å². The molecule has 142 valence electrons. The van der Waals surface area contributed by atoms with E-state index in [0.29, 0.717) is 13.1 Å². The van der Waals surface area contributed by atoms with Crippen LogP contribution in [0, 0.1) is 17.8 Å². The van der Waals surface area contributed by atoms with E-state index >= 15 is 0 Å². The molecule has 0 heterocycles. The summed E-state index contributed by atoms with van der Waals surface area (Å²) >= 11 is 0. The van der Waals surface area contributed by atoms with Crippen LogP contribution < -0.4 is 11.1 Å². The summed E-state index contributed by atoms with van der Waals surface area (Å²) in [6, 6.07) is 10.5. The molecule has 4 bridgehead atoms. The average Bonchev–Trinajstić information content (AvgIpc) is 2.59. The van der Waals surface area contributed by atoms with Gasteiger partial charge in [-0.1, -0.05) is 30.3 Å². The molecule has 4 nitrogen and oxygen atoms in total. The SMILES string of the molecule is NCCN(CCc1ccccc1)CC(=O)NC12CC3CC(CC(C3)C1)C2. The fourth-order valence-electron chi connectivity index (χ4n) is 6.19. The van der Waals surface area contributed by atoms with Gasteiger partial charge in [-0.05, 0) is 68.3 Å². The topological polar surface area (TPSA) is 58.4 Å². The number of benzene rings is 1. The summed E-state index contributed by atoms with van der Waals surface area (Å²) in [7, 11) is 0. The molecule has 4 saturated carbocycles. The molecule has 0 atom stereocenters. The van der Waals surface area contributed by atoms with Gasteiger partial charge in [-0.2, -0.15) is 0 Å². The summed E-state index contributed by atoms with van der Waals surface area (Å²) in [6.45, 7) is 2.74. The van der Waals surface area contributed by atoms with Crippen LogP contribution in [0.2, 0.25) is 0 Å². The Morgan fingerprint density at radius 2 is 1.65 bits per heavy atom. The number of nitrogens with one attached hydrogen (secondary N) is 1. The second-order valence-corrected chi connectivity index (χ2v) is 9.05. The van der Waals surface area contributed by atoms with Crippen LogP contribution in [-0.4, -0.2) is 42.5 Å². The number of rotatable bonds is 8. The molecule has 0 saturated heterocycles. The Bertz CT molecular complexity index is 580. The standard InChI is InChI=1S/C22H33N3O/c23-7-9-25(8-6-17-4-2-1-3-5-17)16-21(26)24-22-13-18-10-19(14-22)12-20(11-18)15-22/h1-5,18-20H,6-16,23H2,(H,24,26). The van der Waals surface area contributed by atoms with Crippen LogP contribution in [-0.2, 0) is 11.2 Å². The van der Waals surface area contributed by atoms with Gasteiger partial charge in [0.05, 0.1) is 6.54 Å². The molecule has 5 rings (SSSR count). The lowest BCUT2D eigenvalue weighted by Crippen LogP contribution is -2.61. The van der Waals surface area contributed by atoms with Crippen molar-refractivity contribution >= 4 is 5.91 Å². The van der Waals surface area contributed by atoms with Crippen LogP contribution >= 0.6 is 0 Å². The summed E-state index contributed by atoms with van der Waals surface area (Å²) in [4.78, 5) is 15.0. The van der Waals surface area contributed by atoms with Crippen LogP contribution in [0.3, 0.4) is 0 Å². The van der Waals surface area contributed by atoms with E-state index in [4.69, 9.17) is 5.73 Å². The van der Waals surface area contributed by atoms with Crippen molar-refractivity contribution < 1.29 is 4.79 Å². The summed E-state index contributed by atoms with van der Waals surface area (Å²) in [5.41, 5.74) is 7.21. The van der Waals surface area contributed by atoms with E-state index in [1.165, 1.54) is 44.1 Å². The highest BCUT2D eigenvalue weighted by molar-refractivity contribution is 5.79. The Labute approximate surface area is 157 Å². The van der Waals surface area contributed by atoms with Crippen molar-refractivity contribution in [3.05, 3.63) is 35.9 Å². The largest absolute Gasteiger partial charge is 0.350 e. The third kappa shape index (κ3) is 4.12. The predicted molar refractivity (Wildman–Crippen MR) is 105 cm³/mol. The Morgan fingerprint density at radius 1 is 1.04 bits per heavy atom. The van der Waals surface area contributed by atoms with Gasteiger partial charge < -0.3 is 11.1 Å². The molecule has 0 aromatic heterocycles.